The normalized spacial score (nSPS) is 13.0. The summed E-state index contributed by atoms with van der Waals surface area (Å²) in [5, 5.41) is 5.85. The first kappa shape index (κ1) is 18.8. The summed E-state index contributed by atoms with van der Waals surface area (Å²) >= 11 is 0. The lowest BCUT2D eigenvalue weighted by Gasteiger charge is -2.13. The van der Waals surface area contributed by atoms with Crippen LogP contribution in [0.3, 0.4) is 0 Å². The Bertz CT molecular complexity index is 859. The van der Waals surface area contributed by atoms with Gasteiger partial charge in [0.15, 0.2) is 0 Å². The zero-order valence-corrected chi connectivity index (χ0v) is 15.8. The van der Waals surface area contributed by atoms with Crippen molar-refractivity contribution in [2.45, 2.75) is 32.2 Å². The Morgan fingerprint density at radius 3 is 2.52 bits per heavy atom. The van der Waals surface area contributed by atoms with Gasteiger partial charge < -0.3 is 20.1 Å². The third kappa shape index (κ3) is 4.78. The van der Waals surface area contributed by atoms with Gasteiger partial charge in [0.2, 0.25) is 5.91 Å². The molecule has 0 unspecified atom stereocenters. The van der Waals surface area contributed by atoms with Crippen molar-refractivity contribution in [3.8, 4) is 11.5 Å². The molecule has 0 aromatic heterocycles. The molecule has 0 atom stereocenters. The van der Waals surface area contributed by atoms with Gasteiger partial charge in [-0.3, -0.25) is 9.59 Å². The van der Waals surface area contributed by atoms with Crippen LogP contribution >= 0.6 is 0 Å². The van der Waals surface area contributed by atoms with Gasteiger partial charge in [-0.15, -0.1) is 0 Å². The van der Waals surface area contributed by atoms with E-state index in [0.29, 0.717) is 22.7 Å². The number of benzene rings is 2. The molecule has 2 aromatic carbocycles. The molecular formula is C21H24N2O4. The minimum absolute atomic E-state index is 0.109. The molecule has 0 bridgehead atoms. The first-order valence-corrected chi connectivity index (χ1v) is 8.92. The highest BCUT2D eigenvalue weighted by atomic mass is 16.5. The Balaban J connectivity index is 1.73. The van der Waals surface area contributed by atoms with Crippen LogP contribution in [-0.4, -0.2) is 32.1 Å². The van der Waals surface area contributed by atoms with Crippen LogP contribution in [0.4, 0.5) is 5.69 Å². The number of rotatable bonds is 7. The van der Waals surface area contributed by atoms with Crippen molar-refractivity contribution in [3.05, 3.63) is 53.1 Å². The lowest BCUT2D eigenvalue weighted by atomic mass is 10.1. The maximum Gasteiger partial charge on any atom is 0.251 e. The number of ether oxygens (including phenoxy) is 2. The van der Waals surface area contributed by atoms with Gasteiger partial charge in [0.1, 0.15) is 11.5 Å². The summed E-state index contributed by atoms with van der Waals surface area (Å²) < 4.78 is 10.5. The standard InChI is InChI=1S/C21H24N2O4/c1-13-4-5-14(21(25)22-16-6-7-16)11-18(13)23-20(24)12-15-10-17(26-2)8-9-19(15)27-3/h4-5,8-11,16H,6-7,12H2,1-3H3,(H,22,25)(H,23,24). The molecule has 2 N–H and O–H groups in total. The maximum atomic E-state index is 12.6. The Morgan fingerprint density at radius 1 is 1.07 bits per heavy atom. The average molecular weight is 368 g/mol. The lowest BCUT2D eigenvalue weighted by Crippen LogP contribution is -2.25. The highest BCUT2D eigenvalue weighted by Crippen LogP contribution is 2.25. The summed E-state index contributed by atoms with van der Waals surface area (Å²) in [6.07, 6.45) is 2.20. The molecule has 0 saturated heterocycles. The summed E-state index contributed by atoms with van der Waals surface area (Å²) in [7, 11) is 3.14. The van der Waals surface area contributed by atoms with Crippen molar-refractivity contribution in [2.75, 3.05) is 19.5 Å². The Kier molecular flexibility index (Phi) is 5.64. The molecule has 0 spiro atoms. The second kappa shape index (κ2) is 8.12. The fourth-order valence-corrected chi connectivity index (χ4v) is 2.78. The van der Waals surface area contributed by atoms with E-state index in [2.05, 4.69) is 10.6 Å². The SMILES string of the molecule is COc1ccc(OC)c(CC(=O)Nc2cc(C(=O)NC3CC3)ccc2C)c1. The topological polar surface area (TPSA) is 76.7 Å². The largest absolute Gasteiger partial charge is 0.497 e. The highest BCUT2D eigenvalue weighted by Gasteiger charge is 2.24. The predicted molar refractivity (Wildman–Crippen MR) is 104 cm³/mol. The number of hydrogen-bond acceptors (Lipinski definition) is 4. The van der Waals surface area contributed by atoms with E-state index < -0.39 is 0 Å². The quantitative estimate of drug-likeness (QED) is 0.787. The van der Waals surface area contributed by atoms with Crippen molar-refractivity contribution in [3.63, 3.8) is 0 Å². The molecule has 6 nitrogen and oxygen atoms in total. The highest BCUT2D eigenvalue weighted by molar-refractivity contribution is 5.98. The molecule has 1 aliphatic rings. The third-order valence-corrected chi connectivity index (χ3v) is 4.52. The summed E-state index contributed by atoms with van der Waals surface area (Å²) in [4.78, 5) is 24.8. The minimum Gasteiger partial charge on any atom is -0.497 e. The Morgan fingerprint density at radius 2 is 1.85 bits per heavy atom. The van der Waals surface area contributed by atoms with Gasteiger partial charge >= 0.3 is 0 Å². The summed E-state index contributed by atoms with van der Waals surface area (Å²) in [6.45, 7) is 1.89. The van der Waals surface area contributed by atoms with Crippen molar-refractivity contribution in [1.82, 2.24) is 5.32 Å². The molecule has 0 heterocycles. The van der Waals surface area contributed by atoms with E-state index in [0.717, 1.165) is 24.0 Å². The van der Waals surface area contributed by atoms with Crippen LogP contribution in [0.15, 0.2) is 36.4 Å². The molecule has 1 fully saturated rings. The van der Waals surface area contributed by atoms with Gasteiger partial charge in [-0.2, -0.15) is 0 Å². The second-order valence-electron chi connectivity index (χ2n) is 6.68. The van der Waals surface area contributed by atoms with Gasteiger partial charge in [0.25, 0.3) is 5.91 Å². The van der Waals surface area contributed by atoms with E-state index >= 15 is 0 Å². The van der Waals surface area contributed by atoms with Crippen LogP contribution in [-0.2, 0) is 11.2 Å². The first-order chi connectivity index (χ1) is 13.0. The molecule has 2 aromatic rings. The number of amides is 2. The number of aryl methyl sites for hydroxylation is 1. The Labute approximate surface area is 158 Å². The molecule has 6 heteroatoms. The number of anilines is 1. The van der Waals surface area contributed by atoms with Gasteiger partial charge in [0.05, 0.1) is 20.6 Å². The Hall–Kier alpha value is -3.02. The van der Waals surface area contributed by atoms with Gasteiger partial charge in [-0.05, 0) is 55.7 Å². The predicted octanol–water partition coefficient (Wildman–Crippen LogP) is 3.09. The average Bonchev–Trinajstić information content (AvgIpc) is 3.47. The van der Waals surface area contributed by atoms with Crippen LogP contribution in [0, 0.1) is 6.92 Å². The number of nitrogens with one attached hydrogen (secondary N) is 2. The molecular weight excluding hydrogens is 344 g/mol. The molecule has 0 radical (unpaired) electrons. The molecule has 1 aliphatic carbocycles. The molecule has 2 amide bonds. The van der Waals surface area contributed by atoms with Crippen molar-refractivity contribution >= 4 is 17.5 Å². The monoisotopic (exact) mass is 368 g/mol. The molecule has 27 heavy (non-hydrogen) atoms. The van der Waals surface area contributed by atoms with Gasteiger partial charge in [0, 0.05) is 22.9 Å². The second-order valence-corrected chi connectivity index (χ2v) is 6.68. The van der Waals surface area contributed by atoms with E-state index in [-0.39, 0.29) is 24.3 Å². The number of carbonyl (C=O) groups is 2. The summed E-state index contributed by atoms with van der Waals surface area (Å²) in [5.74, 6) is 0.987. The third-order valence-electron chi connectivity index (χ3n) is 4.52. The van der Waals surface area contributed by atoms with E-state index in [1.807, 2.05) is 13.0 Å². The fourth-order valence-electron chi connectivity index (χ4n) is 2.78. The van der Waals surface area contributed by atoms with Gasteiger partial charge in [-0.1, -0.05) is 6.07 Å². The van der Waals surface area contributed by atoms with Crippen molar-refractivity contribution in [2.24, 2.45) is 0 Å². The first-order valence-electron chi connectivity index (χ1n) is 8.92. The van der Waals surface area contributed by atoms with Crippen molar-refractivity contribution < 1.29 is 19.1 Å². The van der Waals surface area contributed by atoms with E-state index in [1.54, 1.807) is 44.6 Å². The summed E-state index contributed by atoms with van der Waals surface area (Å²) in [6, 6.07) is 11.0. The van der Waals surface area contributed by atoms with Gasteiger partial charge in [-0.25, -0.2) is 0 Å². The zero-order valence-electron chi connectivity index (χ0n) is 15.8. The number of carbonyl (C=O) groups excluding carboxylic acids is 2. The summed E-state index contributed by atoms with van der Waals surface area (Å²) in [5.41, 5.74) is 2.80. The lowest BCUT2D eigenvalue weighted by molar-refractivity contribution is -0.115. The molecule has 142 valence electrons. The molecule has 0 aliphatic heterocycles. The number of methoxy groups -OCH3 is 2. The van der Waals surface area contributed by atoms with Crippen LogP contribution in [0.1, 0.15) is 34.3 Å². The fraction of sp³-hybridized carbons (Fsp3) is 0.333. The van der Waals surface area contributed by atoms with E-state index in [1.165, 1.54) is 0 Å². The smallest absolute Gasteiger partial charge is 0.251 e. The van der Waals surface area contributed by atoms with Crippen LogP contribution in [0.2, 0.25) is 0 Å². The van der Waals surface area contributed by atoms with E-state index in [9.17, 15) is 9.59 Å². The van der Waals surface area contributed by atoms with Crippen LogP contribution in [0.25, 0.3) is 0 Å². The minimum atomic E-state index is -0.190. The molecule has 3 rings (SSSR count). The van der Waals surface area contributed by atoms with Crippen molar-refractivity contribution in [1.29, 1.82) is 0 Å². The van der Waals surface area contributed by atoms with Crippen LogP contribution in [0.5, 0.6) is 11.5 Å². The van der Waals surface area contributed by atoms with E-state index in [4.69, 9.17) is 9.47 Å². The zero-order chi connectivity index (χ0) is 19.4. The van der Waals surface area contributed by atoms with Crippen LogP contribution < -0.4 is 20.1 Å². The number of hydrogen-bond donors (Lipinski definition) is 2. The maximum absolute atomic E-state index is 12.6. The molecule has 1 saturated carbocycles.